The molecule has 92 valence electrons. The molecular weight excluding hydrogens is 220 g/mol. The van der Waals surface area contributed by atoms with Gasteiger partial charge in [0.2, 0.25) is 0 Å². The third-order valence-electron chi connectivity index (χ3n) is 3.48. The number of nitrogens with zero attached hydrogens (tertiary/aromatic N) is 2. The van der Waals surface area contributed by atoms with Crippen molar-refractivity contribution in [3.8, 4) is 24.7 Å². The Bertz CT molecular complexity index is 442. The molecule has 2 rings (SSSR count). The zero-order valence-corrected chi connectivity index (χ0v) is 10.7. The van der Waals surface area contributed by atoms with Crippen LogP contribution in [-0.4, -0.2) is 42.0 Å². The summed E-state index contributed by atoms with van der Waals surface area (Å²) in [4.78, 5) is 4.45. The van der Waals surface area contributed by atoms with Gasteiger partial charge in [-0.25, -0.2) is 0 Å². The Morgan fingerprint density at radius 1 is 1.11 bits per heavy atom. The van der Waals surface area contributed by atoms with E-state index in [-0.39, 0.29) is 12.1 Å². The van der Waals surface area contributed by atoms with Crippen molar-refractivity contribution in [2.75, 3.05) is 20.1 Å². The minimum absolute atomic E-state index is 0.100. The Labute approximate surface area is 110 Å². The molecule has 1 aromatic carbocycles. The van der Waals surface area contributed by atoms with Crippen molar-refractivity contribution >= 4 is 0 Å². The molecule has 0 spiro atoms. The monoisotopic (exact) mass is 238 g/mol. The summed E-state index contributed by atoms with van der Waals surface area (Å²) >= 11 is 0. The first-order valence-electron chi connectivity index (χ1n) is 6.15. The number of hydrogen-bond acceptors (Lipinski definition) is 2. The molecule has 1 fully saturated rings. The average Bonchev–Trinajstić information content (AvgIpc) is 2.41. The van der Waals surface area contributed by atoms with E-state index in [1.807, 2.05) is 13.1 Å². The van der Waals surface area contributed by atoms with Crippen molar-refractivity contribution in [3.63, 3.8) is 0 Å². The van der Waals surface area contributed by atoms with Gasteiger partial charge < -0.3 is 0 Å². The summed E-state index contributed by atoms with van der Waals surface area (Å²) in [6, 6.07) is 10.6. The second kappa shape index (κ2) is 5.74. The van der Waals surface area contributed by atoms with Crippen molar-refractivity contribution in [2.45, 2.75) is 18.6 Å². The molecule has 1 aliphatic rings. The predicted octanol–water partition coefficient (Wildman–Crippen LogP) is 1.44. The molecule has 2 nitrogen and oxygen atoms in total. The lowest BCUT2D eigenvalue weighted by atomic mass is 10.1. The van der Waals surface area contributed by atoms with E-state index in [9.17, 15) is 0 Å². The molecule has 18 heavy (non-hydrogen) atoms. The lowest BCUT2D eigenvalue weighted by molar-refractivity contribution is 0.0890. The maximum atomic E-state index is 5.58. The number of hydrogen-bond donors (Lipinski definition) is 0. The van der Waals surface area contributed by atoms with Crippen LogP contribution in [0.2, 0.25) is 0 Å². The topological polar surface area (TPSA) is 6.48 Å². The molecule has 0 radical (unpaired) electrons. The van der Waals surface area contributed by atoms with E-state index < -0.39 is 0 Å². The van der Waals surface area contributed by atoms with Crippen LogP contribution in [0.15, 0.2) is 30.3 Å². The second-order valence-corrected chi connectivity index (χ2v) is 4.71. The summed E-state index contributed by atoms with van der Waals surface area (Å²) in [7, 11) is 2.01. The van der Waals surface area contributed by atoms with Crippen LogP contribution in [0.25, 0.3) is 0 Å². The summed E-state index contributed by atoms with van der Waals surface area (Å²) in [6.07, 6.45) is 11.2. The highest BCUT2D eigenvalue weighted by molar-refractivity contribution is 5.17. The van der Waals surface area contributed by atoms with Gasteiger partial charge in [0.15, 0.2) is 0 Å². The van der Waals surface area contributed by atoms with E-state index in [1.165, 1.54) is 5.56 Å². The van der Waals surface area contributed by atoms with Crippen molar-refractivity contribution in [1.82, 2.24) is 9.80 Å². The predicted molar refractivity (Wildman–Crippen MR) is 74.7 cm³/mol. The fraction of sp³-hybridized carbons (Fsp3) is 0.375. The van der Waals surface area contributed by atoms with E-state index >= 15 is 0 Å². The van der Waals surface area contributed by atoms with Crippen LogP contribution in [0.3, 0.4) is 0 Å². The van der Waals surface area contributed by atoms with Gasteiger partial charge in [-0.2, -0.15) is 0 Å². The molecule has 0 bridgehead atoms. The molecule has 1 heterocycles. The molecule has 0 aliphatic carbocycles. The van der Waals surface area contributed by atoms with E-state index in [0.29, 0.717) is 0 Å². The summed E-state index contributed by atoms with van der Waals surface area (Å²) in [6.45, 7) is 2.66. The lowest BCUT2D eigenvalue weighted by Gasteiger charge is -2.41. The van der Waals surface area contributed by atoms with Crippen molar-refractivity contribution in [1.29, 1.82) is 0 Å². The van der Waals surface area contributed by atoms with E-state index in [4.69, 9.17) is 12.8 Å². The van der Waals surface area contributed by atoms with Gasteiger partial charge in [-0.3, -0.25) is 9.80 Å². The van der Waals surface area contributed by atoms with Crippen LogP contribution in [0.1, 0.15) is 5.56 Å². The summed E-state index contributed by atoms with van der Waals surface area (Å²) in [5.74, 6) is 5.64. The minimum atomic E-state index is 0.100. The molecule has 1 saturated heterocycles. The molecule has 0 N–H and O–H groups in total. The van der Waals surface area contributed by atoms with Gasteiger partial charge >= 0.3 is 0 Å². The largest absolute Gasteiger partial charge is 0.294 e. The van der Waals surface area contributed by atoms with Crippen LogP contribution < -0.4 is 0 Å². The maximum absolute atomic E-state index is 5.58. The minimum Gasteiger partial charge on any atom is -0.294 e. The van der Waals surface area contributed by atoms with Crippen LogP contribution in [-0.2, 0) is 6.54 Å². The maximum Gasteiger partial charge on any atom is 0.0848 e. The second-order valence-electron chi connectivity index (χ2n) is 4.71. The Balaban J connectivity index is 2.07. The van der Waals surface area contributed by atoms with Gasteiger partial charge in [0.05, 0.1) is 12.1 Å². The third-order valence-corrected chi connectivity index (χ3v) is 3.48. The highest BCUT2D eigenvalue weighted by atomic mass is 15.3. The van der Waals surface area contributed by atoms with Crippen LogP contribution >= 0.6 is 0 Å². The van der Waals surface area contributed by atoms with Gasteiger partial charge in [-0.05, 0) is 12.6 Å². The molecule has 2 heteroatoms. The number of piperazine rings is 1. The quantitative estimate of drug-likeness (QED) is 0.719. The van der Waals surface area contributed by atoms with Crippen molar-refractivity contribution < 1.29 is 0 Å². The fourth-order valence-corrected chi connectivity index (χ4v) is 2.35. The zero-order valence-electron chi connectivity index (χ0n) is 10.7. The molecule has 1 aliphatic heterocycles. The van der Waals surface area contributed by atoms with E-state index in [1.54, 1.807) is 0 Å². The average molecular weight is 238 g/mol. The van der Waals surface area contributed by atoms with Gasteiger partial charge in [-0.1, -0.05) is 42.2 Å². The third kappa shape index (κ3) is 2.74. The van der Waals surface area contributed by atoms with Crippen LogP contribution in [0.5, 0.6) is 0 Å². The number of likely N-dealkylation sites (N-methyl/N-ethyl adjacent to an activating group) is 1. The molecule has 0 aromatic heterocycles. The normalized spacial score (nSPS) is 25.3. The van der Waals surface area contributed by atoms with Crippen molar-refractivity contribution in [3.05, 3.63) is 35.9 Å². The Hall–Kier alpha value is -1.74. The van der Waals surface area contributed by atoms with Crippen molar-refractivity contribution in [2.24, 2.45) is 0 Å². The van der Waals surface area contributed by atoms with Crippen LogP contribution in [0, 0.1) is 24.7 Å². The van der Waals surface area contributed by atoms with E-state index in [0.717, 1.165) is 19.6 Å². The molecular formula is C16H18N2. The summed E-state index contributed by atoms with van der Waals surface area (Å²) < 4.78 is 0. The highest BCUT2D eigenvalue weighted by Gasteiger charge is 2.29. The first-order chi connectivity index (χ1) is 8.74. The first kappa shape index (κ1) is 12.7. The van der Waals surface area contributed by atoms with Gasteiger partial charge in [0.25, 0.3) is 0 Å². The fourth-order valence-electron chi connectivity index (χ4n) is 2.35. The number of benzene rings is 1. The zero-order chi connectivity index (χ0) is 13.0. The molecule has 1 aromatic rings. The molecule has 0 saturated carbocycles. The van der Waals surface area contributed by atoms with Gasteiger partial charge in [-0.15, -0.1) is 12.8 Å². The molecule has 0 amide bonds. The highest BCUT2D eigenvalue weighted by Crippen LogP contribution is 2.15. The lowest BCUT2D eigenvalue weighted by Crippen LogP contribution is -2.55. The first-order valence-corrected chi connectivity index (χ1v) is 6.15. The Morgan fingerprint density at radius 3 is 2.17 bits per heavy atom. The number of rotatable bonds is 2. The molecule has 2 atom stereocenters. The van der Waals surface area contributed by atoms with E-state index in [2.05, 4.69) is 45.9 Å². The smallest absolute Gasteiger partial charge is 0.0848 e. The standard InChI is InChI=1S/C16H18N2/c1-4-15-12-18(13-16(5-2)17(15)3)11-14-9-7-6-8-10-14/h1-2,6-10,15-16H,11-13H2,3H3/t15-,16-/m0/s1. The summed E-state index contributed by atoms with van der Waals surface area (Å²) in [5.41, 5.74) is 1.30. The van der Waals surface area contributed by atoms with Gasteiger partial charge in [0.1, 0.15) is 0 Å². The molecule has 0 unspecified atom stereocenters. The van der Waals surface area contributed by atoms with Crippen LogP contribution in [0.4, 0.5) is 0 Å². The SMILES string of the molecule is C#C[C@H]1CN(Cc2ccccc2)C[C@H](C#C)N1C. The Kier molecular flexibility index (Phi) is 4.05. The summed E-state index contributed by atoms with van der Waals surface area (Å²) in [5, 5.41) is 0. The Morgan fingerprint density at radius 2 is 1.67 bits per heavy atom. The van der Waals surface area contributed by atoms with Gasteiger partial charge in [0, 0.05) is 19.6 Å². The number of terminal acetylenes is 2.